The predicted molar refractivity (Wildman–Crippen MR) is 114 cm³/mol. The Labute approximate surface area is 183 Å². The fraction of sp³-hybridized carbons (Fsp3) is 0.292. The van der Waals surface area contributed by atoms with Gasteiger partial charge in [0.05, 0.1) is 18.7 Å². The SMILES string of the molecule is COc1ccc(CCC(=O)N2CCc3sccc3C2c2ccc(C(F)(F)F)cc2)cc1. The number of fused-ring (bicyclic) bond motifs is 1. The van der Waals surface area contributed by atoms with Gasteiger partial charge in [-0.3, -0.25) is 4.79 Å². The van der Waals surface area contributed by atoms with Crippen molar-refractivity contribution in [3.63, 3.8) is 0 Å². The predicted octanol–water partition coefficient (Wildman–Crippen LogP) is 5.88. The van der Waals surface area contributed by atoms with E-state index in [1.165, 1.54) is 17.0 Å². The minimum atomic E-state index is -4.38. The van der Waals surface area contributed by atoms with Crippen LogP contribution < -0.4 is 4.74 Å². The summed E-state index contributed by atoms with van der Waals surface area (Å²) in [6.07, 6.45) is -2.69. The number of methoxy groups -OCH3 is 1. The van der Waals surface area contributed by atoms with E-state index in [0.29, 0.717) is 24.9 Å². The molecule has 4 rings (SSSR count). The normalized spacial score (nSPS) is 16.1. The van der Waals surface area contributed by atoms with Crippen LogP contribution in [0.3, 0.4) is 0 Å². The van der Waals surface area contributed by atoms with Crippen LogP contribution in [0, 0.1) is 0 Å². The Bertz CT molecular complexity index is 1040. The van der Waals surface area contributed by atoms with Crippen LogP contribution in [0.2, 0.25) is 0 Å². The Morgan fingerprint density at radius 2 is 1.81 bits per heavy atom. The zero-order chi connectivity index (χ0) is 22.0. The molecule has 162 valence electrons. The summed E-state index contributed by atoms with van der Waals surface area (Å²) in [6, 6.07) is 14.4. The minimum absolute atomic E-state index is 0.00225. The molecule has 0 fully saturated rings. The first-order valence-corrected chi connectivity index (χ1v) is 10.9. The van der Waals surface area contributed by atoms with E-state index < -0.39 is 11.7 Å². The van der Waals surface area contributed by atoms with E-state index >= 15 is 0 Å². The highest BCUT2D eigenvalue weighted by Gasteiger charge is 2.34. The van der Waals surface area contributed by atoms with Crippen LogP contribution in [0.25, 0.3) is 0 Å². The summed E-state index contributed by atoms with van der Waals surface area (Å²) in [5.74, 6) is 0.760. The van der Waals surface area contributed by atoms with Crippen molar-refractivity contribution in [2.45, 2.75) is 31.5 Å². The van der Waals surface area contributed by atoms with Gasteiger partial charge in [0.2, 0.25) is 5.91 Å². The maximum Gasteiger partial charge on any atom is 0.416 e. The van der Waals surface area contributed by atoms with Gasteiger partial charge in [0.1, 0.15) is 5.75 Å². The molecular weight excluding hydrogens is 423 g/mol. The second-order valence-electron chi connectivity index (χ2n) is 7.51. The summed E-state index contributed by atoms with van der Waals surface area (Å²) >= 11 is 1.63. The maximum absolute atomic E-state index is 13.2. The molecule has 0 saturated heterocycles. The van der Waals surface area contributed by atoms with Crippen molar-refractivity contribution in [2.75, 3.05) is 13.7 Å². The first-order chi connectivity index (χ1) is 14.9. The molecule has 1 aliphatic rings. The number of aryl methyl sites for hydroxylation is 1. The number of ether oxygens (including phenoxy) is 1. The van der Waals surface area contributed by atoms with Crippen molar-refractivity contribution in [3.05, 3.63) is 87.1 Å². The largest absolute Gasteiger partial charge is 0.497 e. The Morgan fingerprint density at radius 1 is 1.10 bits per heavy atom. The van der Waals surface area contributed by atoms with E-state index in [1.54, 1.807) is 23.3 Å². The van der Waals surface area contributed by atoms with E-state index in [-0.39, 0.29) is 11.9 Å². The molecule has 1 atom stereocenters. The third kappa shape index (κ3) is 4.61. The lowest BCUT2D eigenvalue weighted by Gasteiger charge is -2.36. The molecule has 1 aliphatic heterocycles. The molecule has 3 aromatic rings. The van der Waals surface area contributed by atoms with Crippen molar-refractivity contribution in [1.82, 2.24) is 4.90 Å². The molecule has 0 bridgehead atoms. The summed E-state index contributed by atoms with van der Waals surface area (Å²) in [5.41, 5.74) is 2.06. The number of rotatable bonds is 5. The van der Waals surface area contributed by atoms with Crippen molar-refractivity contribution < 1.29 is 22.7 Å². The lowest BCUT2D eigenvalue weighted by molar-refractivity contribution is -0.137. The lowest BCUT2D eigenvalue weighted by atomic mass is 9.92. The average molecular weight is 446 g/mol. The highest BCUT2D eigenvalue weighted by atomic mass is 32.1. The molecule has 0 N–H and O–H groups in total. The number of benzene rings is 2. The Balaban J connectivity index is 1.56. The van der Waals surface area contributed by atoms with E-state index in [9.17, 15) is 18.0 Å². The van der Waals surface area contributed by atoms with Crippen molar-refractivity contribution in [1.29, 1.82) is 0 Å². The molecule has 0 aliphatic carbocycles. The van der Waals surface area contributed by atoms with Gasteiger partial charge in [-0.25, -0.2) is 0 Å². The first kappa shape index (κ1) is 21.4. The van der Waals surface area contributed by atoms with Crippen LogP contribution in [-0.4, -0.2) is 24.5 Å². The number of alkyl halides is 3. The number of carbonyl (C=O) groups is 1. The smallest absolute Gasteiger partial charge is 0.416 e. The van der Waals surface area contributed by atoms with Gasteiger partial charge in [-0.15, -0.1) is 11.3 Å². The number of halogens is 3. The molecule has 1 aromatic heterocycles. The van der Waals surface area contributed by atoms with Gasteiger partial charge in [-0.2, -0.15) is 13.2 Å². The average Bonchev–Trinajstić information content (AvgIpc) is 3.25. The molecular formula is C24H22F3NO2S. The third-order valence-electron chi connectivity index (χ3n) is 5.63. The van der Waals surface area contributed by atoms with Crippen LogP contribution in [0.4, 0.5) is 13.2 Å². The Morgan fingerprint density at radius 3 is 2.45 bits per heavy atom. The van der Waals surface area contributed by atoms with Gasteiger partial charge in [0.25, 0.3) is 0 Å². The number of amides is 1. The Kier molecular flexibility index (Phi) is 6.05. The zero-order valence-electron chi connectivity index (χ0n) is 17.0. The fourth-order valence-electron chi connectivity index (χ4n) is 3.99. The van der Waals surface area contributed by atoms with Gasteiger partial charge < -0.3 is 9.64 Å². The second-order valence-corrected chi connectivity index (χ2v) is 8.51. The fourth-order valence-corrected chi connectivity index (χ4v) is 4.89. The van der Waals surface area contributed by atoms with Crippen molar-refractivity contribution in [2.24, 2.45) is 0 Å². The summed E-state index contributed by atoms with van der Waals surface area (Å²) in [5, 5.41) is 1.98. The highest BCUT2D eigenvalue weighted by molar-refractivity contribution is 7.10. The van der Waals surface area contributed by atoms with Crippen LogP contribution in [0.1, 0.15) is 39.6 Å². The summed E-state index contributed by atoms with van der Waals surface area (Å²) in [7, 11) is 1.61. The van der Waals surface area contributed by atoms with Gasteiger partial charge in [0, 0.05) is 17.8 Å². The summed E-state index contributed by atoms with van der Waals surface area (Å²) < 4.78 is 44.1. The topological polar surface area (TPSA) is 29.5 Å². The van der Waals surface area contributed by atoms with E-state index in [4.69, 9.17) is 4.74 Å². The molecule has 2 aromatic carbocycles. The standard InChI is InChI=1S/C24H22F3NO2S/c1-30-19-9-2-16(3-10-19)4-11-22(29)28-14-12-21-20(13-15-31-21)23(28)17-5-7-18(8-6-17)24(25,26)27/h2-3,5-10,13,15,23H,4,11-12,14H2,1H3. The molecule has 1 amide bonds. The molecule has 7 heteroatoms. The van der Waals surface area contributed by atoms with Crippen LogP contribution in [0.15, 0.2) is 60.0 Å². The Hall–Kier alpha value is -2.80. The van der Waals surface area contributed by atoms with Gasteiger partial charge >= 0.3 is 6.18 Å². The number of hydrogen-bond acceptors (Lipinski definition) is 3. The second kappa shape index (κ2) is 8.75. The van der Waals surface area contributed by atoms with E-state index in [0.717, 1.165) is 35.4 Å². The molecule has 0 saturated carbocycles. The van der Waals surface area contributed by atoms with E-state index in [2.05, 4.69) is 0 Å². The maximum atomic E-state index is 13.2. The molecule has 1 unspecified atom stereocenters. The molecule has 3 nitrogen and oxygen atoms in total. The quantitative estimate of drug-likeness (QED) is 0.491. The third-order valence-corrected chi connectivity index (χ3v) is 6.62. The van der Waals surface area contributed by atoms with Crippen LogP contribution >= 0.6 is 11.3 Å². The van der Waals surface area contributed by atoms with E-state index in [1.807, 2.05) is 35.7 Å². The summed E-state index contributed by atoms with van der Waals surface area (Å²) in [6.45, 7) is 0.556. The number of thiophene rings is 1. The van der Waals surface area contributed by atoms with Crippen molar-refractivity contribution >= 4 is 17.2 Å². The monoisotopic (exact) mass is 445 g/mol. The molecule has 0 radical (unpaired) electrons. The van der Waals surface area contributed by atoms with Gasteiger partial charge in [-0.1, -0.05) is 24.3 Å². The minimum Gasteiger partial charge on any atom is -0.497 e. The van der Waals surface area contributed by atoms with Gasteiger partial charge in [-0.05, 0) is 65.2 Å². The highest BCUT2D eigenvalue weighted by Crippen LogP contribution is 2.39. The van der Waals surface area contributed by atoms with Crippen molar-refractivity contribution in [3.8, 4) is 5.75 Å². The lowest BCUT2D eigenvalue weighted by Crippen LogP contribution is -2.40. The van der Waals surface area contributed by atoms with Gasteiger partial charge in [0.15, 0.2) is 0 Å². The molecule has 0 spiro atoms. The molecule has 2 heterocycles. The summed E-state index contributed by atoms with van der Waals surface area (Å²) in [4.78, 5) is 16.2. The zero-order valence-corrected chi connectivity index (χ0v) is 17.8. The number of hydrogen-bond donors (Lipinski definition) is 0. The van der Waals surface area contributed by atoms with Crippen LogP contribution in [0.5, 0.6) is 5.75 Å². The first-order valence-electron chi connectivity index (χ1n) is 10.0. The van der Waals surface area contributed by atoms with Crippen LogP contribution in [-0.2, 0) is 23.8 Å². The number of carbonyl (C=O) groups excluding carboxylic acids is 1. The molecule has 31 heavy (non-hydrogen) atoms. The number of nitrogens with zero attached hydrogens (tertiary/aromatic N) is 1.